The molecule has 0 saturated heterocycles. The third-order valence-electron chi connectivity index (χ3n) is 4.42. The molecular weight excluding hydrogens is 386 g/mol. The van der Waals surface area contributed by atoms with Gasteiger partial charge in [-0.25, -0.2) is 4.98 Å². The first-order valence-corrected chi connectivity index (χ1v) is 8.44. The summed E-state index contributed by atoms with van der Waals surface area (Å²) in [5.74, 6) is 0.489. The zero-order valence-corrected chi connectivity index (χ0v) is 14.6. The molecule has 3 aromatic rings. The van der Waals surface area contributed by atoms with Crippen LogP contribution in [0.3, 0.4) is 0 Å². The van der Waals surface area contributed by atoms with Gasteiger partial charge < -0.3 is 9.88 Å². The second kappa shape index (κ2) is 5.86. The molecule has 3 heterocycles. The van der Waals surface area contributed by atoms with Crippen molar-refractivity contribution in [3.63, 3.8) is 0 Å². The minimum absolute atomic E-state index is 0.172. The molecule has 1 aliphatic heterocycles. The molecule has 0 unspecified atom stereocenters. The van der Waals surface area contributed by atoms with Crippen molar-refractivity contribution in [3.8, 4) is 6.07 Å². The second-order valence-corrected chi connectivity index (χ2v) is 6.79. The zero-order valence-electron chi connectivity index (χ0n) is 13.0. The van der Waals surface area contributed by atoms with Gasteiger partial charge in [-0.3, -0.25) is 10.1 Å². The summed E-state index contributed by atoms with van der Waals surface area (Å²) >= 11 is 3.50. The number of nitrogens with zero attached hydrogens (tertiary/aromatic N) is 4. The van der Waals surface area contributed by atoms with E-state index >= 15 is 0 Å². The van der Waals surface area contributed by atoms with Crippen LogP contribution >= 0.6 is 15.9 Å². The molecule has 2 aromatic heterocycles. The number of nitro groups is 1. The van der Waals surface area contributed by atoms with E-state index in [0.717, 1.165) is 21.8 Å². The highest BCUT2D eigenvalue weighted by molar-refractivity contribution is 9.10. The monoisotopic (exact) mass is 397 g/mol. The highest BCUT2D eigenvalue weighted by Crippen LogP contribution is 2.32. The first-order chi connectivity index (χ1) is 12.1. The van der Waals surface area contributed by atoms with Crippen molar-refractivity contribution in [1.82, 2.24) is 9.97 Å². The number of pyridine rings is 1. The summed E-state index contributed by atoms with van der Waals surface area (Å²) in [7, 11) is 0. The van der Waals surface area contributed by atoms with Crippen LogP contribution in [0.2, 0.25) is 0 Å². The molecule has 0 bridgehead atoms. The largest absolute Gasteiger partial charge is 0.358 e. The summed E-state index contributed by atoms with van der Waals surface area (Å²) in [4.78, 5) is 20.0. The maximum Gasteiger partial charge on any atom is 0.289 e. The van der Waals surface area contributed by atoms with Crippen LogP contribution in [0.4, 0.5) is 11.5 Å². The van der Waals surface area contributed by atoms with Crippen molar-refractivity contribution in [2.45, 2.75) is 13.0 Å². The van der Waals surface area contributed by atoms with E-state index in [1.807, 2.05) is 23.1 Å². The SMILES string of the molecule is N#Cc1cc([N+](=O)[O-])cnc1N1CCc2[nH]c3ccc(Br)cc3c2C1. The molecule has 1 aromatic carbocycles. The molecule has 7 nitrogen and oxygen atoms in total. The lowest BCUT2D eigenvalue weighted by Gasteiger charge is -2.28. The molecule has 0 spiro atoms. The number of halogens is 1. The number of benzene rings is 1. The number of aromatic amines is 1. The maximum atomic E-state index is 10.9. The predicted octanol–water partition coefficient (Wildman–Crippen LogP) is 3.67. The Kier molecular flexibility index (Phi) is 3.66. The summed E-state index contributed by atoms with van der Waals surface area (Å²) in [6, 6.07) is 9.41. The molecule has 0 saturated carbocycles. The van der Waals surface area contributed by atoms with Crippen molar-refractivity contribution in [3.05, 3.63) is 61.9 Å². The Morgan fingerprint density at radius 3 is 3.00 bits per heavy atom. The fourth-order valence-corrected chi connectivity index (χ4v) is 3.61. The second-order valence-electron chi connectivity index (χ2n) is 5.88. The van der Waals surface area contributed by atoms with Gasteiger partial charge in [0.05, 0.1) is 4.92 Å². The Morgan fingerprint density at radius 1 is 1.40 bits per heavy atom. The van der Waals surface area contributed by atoms with Crippen LogP contribution in [-0.4, -0.2) is 21.4 Å². The lowest BCUT2D eigenvalue weighted by atomic mass is 10.0. The lowest BCUT2D eigenvalue weighted by molar-refractivity contribution is -0.385. The van der Waals surface area contributed by atoms with Gasteiger partial charge in [0.25, 0.3) is 5.69 Å². The van der Waals surface area contributed by atoms with E-state index in [9.17, 15) is 15.4 Å². The van der Waals surface area contributed by atoms with Crippen molar-refractivity contribution in [2.75, 3.05) is 11.4 Å². The highest BCUT2D eigenvalue weighted by atomic mass is 79.9. The molecule has 25 heavy (non-hydrogen) atoms. The molecule has 0 fully saturated rings. The van der Waals surface area contributed by atoms with Crippen LogP contribution in [0.15, 0.2) is 34.9 Å². The Labute approximate surface area is 151 Å². The van der Waals surface area contributed by atoms with Crippen LogP contribution in [0.25, 0.3) is 10.9 Å². The fourth-order valence-electron chi connectivity index (χ4n) is 3.25. The van der Waals surface area contributed by atoms with Gasteiger partial charge in [-0.2, -0.15) is 5.26 Å². The zero-order chi connectivity index (χ0) is 17.6. The average molecular weight is 398 g/mol. The number of rotatable bonds is 2. The van der Waals surface area contributed by atoms with Crippen LogP contribution < -0.4 is 4.90 Å². The third-order valence-corrected chi connectivity index (χ3v) is 4.91. The standard InChI is InChI=1S/C17H12BrN5O2/c18-11-1-2-15-13(6-11)14-9-22(4-3-16(14)21-15)17-10(7-19)5-12(8-20-17)23(24)25/h1-2,5-6,8,21H,3-4,9H2. The molecule has 124 valence electrons. The van der Waals surface area contributed by atoms with Crippen LogP contribution in [-0.2, 0) is 13.0 Å². The number of nitriles is 1. The first kappa shape index (κ1) is 15.6. The van der Waals surface area contributed by atoms with Gasteiger partial charge in [-0.05, 0) is 18.2 Å². The normalized spacial score (nSPS) is 13.5. The number of nitrogens with one attached hydrogen (secondary N) is 1. The average Bonchev–Trinajstić information content (AvgIpc) is 2.98. The van der Waals surface area contributed by atoms with Crippen LogP contribution in [0.5, 0.6) is 0 Å². The summed E-state index contributed by atoms with van der Waals surface area (Å²) in [5.41, 5.74) is 3.48. The topological polar surface area (TPSA) is 98.8 Å². The van der Waals surface area contributed by atoms with Gasteiger partial charge in [0.15, 0.2) is 0 Å². The molecule has 0 amide bonds. The molecule has 0 aliphatic carbocycles. The van der Waals surface area contributed by atoms with Crippen molar-refractivity contribution >= 4 is 38.3 Å². The Hall–Kier alpha value is -2.92. The van der Waals surface area contributed by atoms with E-state index in [2.05, 4.69) is 32.0 Å². The number of anilines is 1. The Balaban J connectivity index is 1.75. The van der Waals surface area contributed by atoms with Crippen LogP contribution in [0.1, 0.15) is 16.8 Å². The third kappa shape index (κ3) is 2.62. The van der Waals surface area contributed by atoms with E-state index in [-0.39, 0.29) is 11.3 Å². The van der Waals surface area contributed by atoms with Crippen molar-refractivity contribution < 1.29 is 4.92 Å². The quantitative estimate of drug-likeness (QED) is 0.525. The molecule has 0 atom stereocenters. The fraction of sp³-hybridized carbons (Fsp3) is 0.176. The van der Waals surface area contributed by atoms with E-state index in [1.165, 1.54) is 23.5 Å². The Bertz CT molecular complexity index is 1050. The van der Waals surface area contributed by atoms with Gasteiger partial charge in [-0.1, -0.05) is 15.9 Å². The molecule has 4 rings (SSSR count). The number of aromatic nitrogens is 2. The van der Waals surface area contributed by atoms with E-state index < -0.39 is 4.92 Å². The summed E-state index contributed by atoms with van der Waals surface area (Å²) in [6.07, 6.45) is 2.00. The van der Waals surface area contributed by atoms with E-state index in [4.69, 9.17) is 0 Å². The summed E-state index contributed by atoms with van der Waals surface area (Å²) < 4.78 is 1.00. The smallest absolute Gasteiger partial charge is 0.289 e. The molecule has 1 aliphatic rings. The summed E-state index contributed by atoms with van der Waals surface area (Å²) in [5, 5.41) is 21.4. The molecule has 0 radical (unpaired) electrons. The molecular formula is C17H12BrN5O2. The minimum atomic E-state index is -0.539. The van der Waals surface area contributed by atoms with Gasteiger partial charge in [0.2, 0.25) is 0 Å². The highest BCUT2D eigenvalue weighted by Gasteiger charge is 2.24. The number of fused-ring (bicyclic) bond motifs is 3. The lowest BCUT2D eigenvalue weighted by Crippen LogP contribution is -2.31. The van der Waals surface area contributed by atoms with Gasteiger partial charge in [0, 0.05) is 52.2 Å². The predicted molar refractivity (Wildman–Crippen MR) is 96.4 cm³/mol. The van der Waals surface area contributed by atoms with Crippen molar-refractivity contribution in [1.29, 1.82) is 5.26 Å². The van der Waals surface area contributed by atoms with Gasteiger partial charge in [-0.15, -0.1) is 0 Å². The van der Waals surface area contributed by atoms with Crippen molar-refractivity contribution in [2.24, 2.45) is 0 Å². The molecule has 1 N–H and O–H groups in total. The number of hydrogen-bond acceptors (Lipinski definition) is 5. The maximum absolute atomic E-state index is 10.9. The van der Waals surface area contributed by atoms with E-state index in [0.29, 0.717) is 18.9 Å². The number of hydrogen-bond donors (Lipinski definition) is 1. The van der Waals surface area contributed by atoms with E-state index in [1.54, 1.807) is 0 Å². The van der Waals surface area contributed by atoms with Gasteiger partial charge in [0.1, 0.15) is 23.6 Å². The Morgan fingerprint density at radius 2 is 2.24 bits per heavy atom. The number of H-pyrrole nitrogens is 1. The van der Waals surface area contributed by atoms with Gasteiger partial charge >= 0.3 is 0 Å². The minimum Gasteiger partial charge on any atom is -0.358 e. The first-order valence-electron chi connectivity index (χ1n) is 7.65. The molecule has 8 heteroatoms. The summed E-state index contributed by atoms with van der Waals surface area (Å²) in [6.45, 7) is 1.30. The van der Waals surface area contributed by atoms with Crippen LogP contribution in [0, 0.1) is 21.4 Å².